The number of piperidine rings is 1. The van der Waals surface area contributed by atoms with Gasteiger partial charge in [0.25, 0.3) is 0 Å². The van der Waals surface area contributed by atoms with E-state index in [1.165, 1.54) is 29.6 Å². The maximum absolute atomic E-state index is 12.6. The van der Waals surface area contributed by atoms with E-state index in [0.29, 0.717) is 23.1 Å². The lowest BCUT2D eigenvalue weighted by Crippen LogP contribution is -2.45. The number of hydrogen-bond donors (Lipinski definition) is 1. The molecule has 0 amide bonds. The SMILES string of the molecule is COC(=O)c1ccc(S(=O)(=O)N2CCCC(N)C2)c(Br)c1. The summed E-state index contributed by atoms with van der Waals surface area (Å²) >= 11 is 3.22. The fraction of sp³-hybridized carbons (Fsp3) is 0.462. The van der Waals surface area contributed by atoms with E-state index < -0.39 is 16.0 Å². The van der Waals surface area contributed by atoms with Crippen molar-refractivity contribution in [3.05, 3.63) is 28.2 Å². The van der Waals surface area contributed by atoms with E-state index >= 15 is 0 Å². The van der Waals surface area contributed by atoms with Crippen molar-refractivity contribution in [1.82, 2.24) is 4.31 Å². The van der Waals surface area contributed by atoms with Crippen LogP contribution in [0.1, 0.15) is 23.2 Å². The van der Waals surface area contributed by atoms with Crippen LogP contribution in [0.4, 0.5) is 0 Å². The molecule has 1 aromatic rings. The summed E-state index contributed by atoms with van der Waals surface area (Å²) in [5.74, 6) is -0.514. The maximum Gasteiger partial charge on any atom is 0.337 e. The second kappa shape index (κ2) is 6.43. The summed E-state index contributed by atoms with van der Waals surface area (Å²) in [4.78, 5) is 11.6. The molecule has 1 heterocycles. The monoisotopic (exact) mass is 376 g/mol. The number of nitrogens with two attached hydrogens (primary N) is 1. The van der Waals surface area contributed by atoms with E-state index in [1.807, 2.05) is 0 Å². The molecule has 0 bridgehead atoms. The molecular formula is C13H17BrN2O4S. The van der Waals surface area contributed by atoms with E-state index in [4.69, 9.17) is 5.73 Å². The number of methoxy groups -OCH3 is 1. The summed E-state index contributed by atoms with van der Waals surface area (Å²) in [5.41, 5.74) is 6.13. The number of benzene rings is 1. The van der Waals surface area contributed by atoms with Gasteiger partial charge >= 0.3 is 5.97 Å². The van der Waals surface area contributed by atoms with Crippen LogP contribution in [0, 0.1) is 0 Å². The zero-order chi connectivity index (χ0) is 15.6. The highest BCUT2D eigenvalue weighted by Gasteiger charge is 2.30. The van der Waals surface area contributed by atoms with E-state index in [2.05, 4.69) is 20.7 Å². The Labute approximate surface area is 132 Å². The molecule has 116 valence electrons. The average Bonchev–Trinajstić information content (AvgIpc) is 2.46. The van der Waals surface area contributed by atoms with Gasteiger partial charge in [-0.3, -0.25) is 0 Å². The van der Waals surface area contributed by atoms with Gasteiger partial charge in [-0.15, -0.1) is 0 Å². The molecule has 0 aromatic heterocycles. The van der Waals surface area contributed by atoms with E-state index in [-0.39, 0.29) is 10.9 Å². The summed E-state index contributed by atoms with van der Waals surface area (Å²) in [7, 11) is -2.35. The van der Waals surface area contributed by atoms with Gasteiger partial charge in [0.2, 0.25) is 10.0 Å². The van der Waals surface area contributed by atoms with Crippen molar-refractivity contribution < 1.29 is 17.9 Å². The van der Waals surface area contributed by atoms with E-state index in [0.717, 1.165) is 12.8 Å². The predicted octanol–water partition coefficient (Wildman–Crippen LogP) is 1.35. The van der Waals surface area contributed by atoms with Crippen molar-refractivity contribution in [2.24, 2.45) is 5.73 Å². The third kappa shape index (κ3) is 3.45. The quantitative estimate of drug-likeness (QED) is 0.804. The van der Waals surface area contributed by atoms with Crippen LogP contribution >= 0.6 is 15.9 Å². The molecule has 1 unspecified atom stereocenters. The fourth-order valence-electron chi connectivity index (χ4n) is 2.29. The lowest BCUT2D eigenvalue weighted by molar-refractivity contribution is 0.0600. The van der Waals surface area contributed by atoms with Crippen molar-refractivity contribution in [1.29, 1.82) is 0 Å². The third-order valence-electron chi connectivity index (χ3n) is 3.39. The largest absolute Gasteiger partial charge is 0.465 e. The summed E-state index contributed by atoms with van der Waals surface area (Å²) in [6.07, 6.45) is 1.58. The predicted molar refractivity (Wildman–Crippen MR) is 81.4 cm³/mol. The second-order valence-corrected chi connectivity index (χ2v) is 7.66. The van der Waals surface area contributed by atoms with Gasteiger partial charge in [-0.05, 0) is 47.0 Å². The van der Waals surface area contributed by atoms with Crippen LogP contribution in [0.15, 0.2) is 27.6 Å². The van der Waals surface area contributed by atoms with E-state index in [1.54, 1.807) is 0 Å². The Kier molecular flexibility index (Phi) is 5.03. The molecule has 1 aromatic carbocycles. The van der Waals surface area contributed by atoms with Crippen LogP contribution < -0.4 is 5.73 Å². The highest BCUT2D eigenvalue weighted by molar-refractivity contribution is 9.10. The topological polar surface area (TPSA) is 89.7 Å². The Balaban J connectivity index is 2.34. The van der Waals surface area contributed by atoms with Gasteiger partial charge in [0.1, 0.15) is 0 Å². The molecule has 0 saturated carbocycles. The minimum Gasteiger partial charge on any atom is -0.465 e. The minimum absolute atomic E-state index is 0.129. The smallest absolute Gasteiger partial charge is 0.337 e. The van der Waals surface area contributed by atoms with Crippen molar-refractivity contribution in [3.8, 4) is 0 Å². The van der Waals surface area contributed by atoms with Gasteiger partial charge < -0.3 is 10.5 Å². The number of nitrogens with zero attached hydrogens (tertiary/aromatic N) is 1. The molecule has 1 aliphatic heterocycles. The molecule has 0 radical (unpaired) electrons. The summed E-state index contributed by atoms with van der Waals surface area (Å²) in [6, 6.07) is 4.16. The molecule has 1 fully saturated rings. The van der Waals surface area contributed by atoms with Gasteiger partial charge in [0.05, 0.1) is 17.6 Å². The summed E-state index contributed by atoms with van der Waals surface area (Å²) in [5, 5.41) is 0. The lowest BCUT2D eigenvalue weighted by atomic mass is 10.1. The average molecular weight is 377 g/mol. The zero-order valence-corrected chi connectivity index (χ0v) is 14.0. The summed E-state index contributed by atoms with van der Waals surface area (Å²) in [6.45, 7) is 0.773. The van der Waals surface area contributed by atoms with Crippen LogP contribution in [-0.4, -0.2) is 44.9 Å². The molecular weight excluding hydrogens is 360 g/mol. The molecule has 2 N–H and O–H groups in total. The van der Waals surface area contributed by atoms with E-state index in [9.17, 15) is 13.2 Å². The highest BCUT2D eigenvalue weighted by atomic mass is 79.9. The van der Waals surface area contributed by atoms with Gasteiger partial charge in [-0.2, -0.15) is 4.31 Å². The fourth-order valence-corrected chi connectivity index (χ4v) is 4.86. The number of hydrogen-bond acceptors (Lipinski definition) is 5. The van der Waals surface area contributed by atoms with Gasteiger partial charge in [0, 0.05) is 23.6 Å². The summed E-state index contributed by atoms with van der Waals surface area (Å²) < 4.78 is 31.6. The molecule has 21 heavy (non-hydrogen) atoms. The molecule has 0 spiro atoms. The number of carbonyl (C=O) groups is 1. The molecule has 6 nitrogen and oxygen atoms in total. The third-order valence-corrected chi connectivity index (χ3v) is 6.23. The molecule has 1 aliphatic rings. The van der Waals surface area contributed by atoms with Crippen LogP contribution in [0.3, 0.4) is 0 Å². The lowest BCUT2D eigenvalue weighted by Gasteiger charge is -2.30. The Morgan fingerprint density at radius 1 is 1.48 bits per heavy atom. The van der Waals surface area contributed by atoms with Gasteiger partial charge in [-0.25, -0.2) is 13.2 Å². The first-order chi connectivity index (χ1) is 9.86. The Morgan fingerprint density at radius 2 is 2.19 bits per heavy atom. The highest BCUT2D eigenvalue weighted by Crippen LogP contribution is 2.28. The number of ether oxygens (including phenoxy) is 1. The van der Waals surface area contributed by atoms with Gasteiger partial charge in [-0.1, -0.05) is 0 Å². The maximum atomic E-state index is 12.6. The first-order valence-corrected chi connectivity index (χ1v) is 8.73. The molecule has 1 saturated heterocycles. The van der Waals surface area contributed by atoms with Crippen LogP contribution in [0.25, 0.3) is 0 Å². The number of rotatable bonds is 3. The zero-order valence-electron chi connectivity index (χ0n) is 11.6. The van der Waals surface area contributed by atoms with Crippen LogP contribution in [0.2, 0.25) is 0 Å². The number of halogens is 1. The second-order valence-electron chi connectivity index (χ2n) is 4.90. The Hall–Kier alpha value is -0.960. The van der Waals surface area contributed by atoms with Crippen LogP contribution in [-0.2, 0) is 14.8 Å². The number of carbonyl (C=O) groups excluding carboxylic acids is 1. The van der Waals surface area contributed by atoms with Crippen molar-refractivity contribution in [3.63, 3.8) is 0 Å². The Bertz CT molecular complexity index is 648. The van der Waals surface area contributed by atoms with Crippen molar-refractivity contribution >= 4 is 31.9 Å². The first kappa shape index (κ1) is 16.4. The molecule has 0 aliphatic carbocycles. The van der Waals surface area contributed by atoms with Gasteiger partial charge in [0.15, 0.2) is 0 Å². The number of sulfonamides is 1. The minimum atomic E-state index is -3.62. The molecule has 2 rings (SSSR count). The van der Waals surface area contributed by atoms with Crippen molar-refractivity contribution in [2.75, 3.05) is 20.2 Å². The normalized spacial score (nSPS) is 20.2. The number of esters is 1. The molecule has 8 heteroatoms. The standard InChI is InChI=1S/C13H17BrN2O4S/c1-20-13(17)9-4-5-12(11(14)7-9)21(18,19)16-6-2-3-10(15)8-16/h4-5,7,10H,2-3,6,8,15H2,1H3. The molecule has 1 atom stereocenters. The van der Waals surface area contributed by atoms with Crippen molar-refractivity contribution in [2.45, 2.75) is 23.8 Å². The van der Waals surface area contributed by atoms with Crippen LogP contribution in [0.5, 0.6) is 0 Å². The Morgan fingerprint density at radius 3 is 2.76 bits per heavy atom. The first-order valence-electron chi connectivity index (χ1n) is 6.50.